The number of esters is 2. The van der Waals surface area contributed by atoms with Crippen molar-refractivity contribution in [1.82, 2.24) is 0 Å². The summed E-state index contributed by atoms with van der Waals surface area (Å²) in [6.07, 6.45) is 83.2. The van der Waals surface area contributed by atoms with Crippen LogP contribution in [0.5, 0.6) is 0 Å². The maximum Gasteiger partial charge on any atom is 0.472 e. The van der Waals surface area contributed by atoms with Gasteiger partial charge in [-0.25, -0.2) is 4.57 Å². The van der Waals surface area contributed by atoms with Gasteiger partial charge in [0.1, 0.15) is 6.61 Å². The number of phosphoric acid groups is 1. The van der Waals surface area contributed by atoms with Crippen LogP contribution in [0.15, 0.2) is 60.8 Å². The monoisotopic (exact) mass is 1130 g/mol. The number of unbranched alkanes of at least 4 members (excludes halogenated alkanes) is 41. The van der Waals surface area contributed by atoms with Crippen molar-refractivity contribution in [3.63, 3.8) is 0 Å². The van der Waals surface area contributed by atoms with Gasteiger partial charge < -0.3 is 20.1 Å². The summed E-state index contributed by atoms with van der Waals surface area (Å²) in [6, 6.07) is 0. The molecule has 2 atom stereocenters. The fourth-order valence-corrected chi connectivity index (χ4v) is 10.7. The Labute approximate surface area is 489 Å². The highest BCUT2D eigenvalue weighted by molar-refractivity contribution is 7.47. The molecule has 2 unspecified atom stereocenters. The third-order valence-electron chi connectivity index (χ3n) is 14.9. The van der Waals surface area contributed by atoms with Gasteiger partial charge in [0.15, 0.2) is 6.10 Å². The SMILES string of the molecule is CC/C=C\C/C=C\C/C=C\C/C=C\C/C=C\CCCCCCCCCCCCCCCCCCCCCCCCCCCC(=O)OC(COC(=O)CCCCCCCCCCCCCCCCCCC)COP(=O)(O)OCCN. The predicted octanol–water partition coefficient (Wildman–Crippen LogP) is 21.9. The van der Waals surface area contributed by atoms with Crippen molar-refractivity contribution in [3.05, 3.63) is 60.8 Å². The third-order valence-corrected chi connectivity index (χ3v) is 15.9. The lowest BCUT2D eigenvalue weighted by molar-refractivity contribution is -0.161. The van der Waals surface area contributed by atoms with E-state index in [1.165, 1.54) is 238 Å². The Hall–Kier alpha value is -2.29. The number of ether oxygens (including phenoxy) is 2. The molecule has 79 heavy (non-hydrogen) atoms. The minimum Gasteiger partial charge on any atom is -0.462 e. The van der Waals surface area contributed by atoms with Gasteiger partial charge >= 0.3 is 19.8 Å². The van der Waals surface area contributed by atoms with E-state index in [2.05, 4.69) is 74.6 Å². The molecule has 0 aliphatic rings. The highest BCUT2D eigenvalue weighted by atomic mass is 31.2. The lowest BCUT2D eigenvalue weighted by atomic mass is 10.0. The molecule has 0 heterocycles. The van der Waals surface area contributed by atoms with Gasteiger partial charge in [-0.15, -0.1) is 0 Å². The van der Waals surface area contributed by atoms with Gasteiger partial charge in [0, 0.05) is 19.4 Å². The maximum absolute atomic E-state index is 12.7. The number of phosphoric ester groups is 1. The predicted molar refractivity (Wildman–Crippen MR) is 340 cm³/mol. The van der Waals surface area contributed by atoms with Gasteiger partial charge in [0.05, 0.1) is 13.2 Å². The zero-order valence-corrected chi connectivity index (χ0v) is 52.8. The highest BCUT2D eigenvalue weighted by Crippen LogP contribution is 2.43. The summed E-state index contributed by atoms with van der Waals surface area (Å²) < 4.78 is 33.1. The molecular weight excluding hydrogens is 1000 g/mol. The summed E-state index contributed by atoms with van der Waals surface area (Å²) in [7, 11) is -4.39. The molecule has 10 heteroatoms. The number of nitrogens with two attached hydrogens (primary N) is 1. The molecule has 0 aromatic carbocycles. The van der Waals surface area contributed by atoms with Crippen molar-refractivity contribution in [2.45, 2.75) is 341 Å². The molecule has 0 saturated carbocycles. The van der Waals surface area contributed by atoms with Crippen LogP contribution < -0.4 is 5.73 Å². The Balaban J connectivity index is 3.75. The number of carbonyl (C=O) groups excluding carboxylic acids is 2. The molecule has 0 amide bonds. The van der Waals surface area contributed by atoms with Gasteiger partial charge in [-0.05, 0) is 57.8 Å². The van der Waals surface area contributed by atoms with Gasteiger partial charge in [0.25, 0.3) is 0 Å². The molecule has 9 nitrogen and oxygen atoms in total. The number of hydrogen-bond acceptors (Lipinski definition) is 8. The second kappa shape index (κ2) is 64.9. The Morgan fingerprint density at radius 1 is 0.392 bits per heavy atom. The van der Waals surface area contributed by atoms with E-state index >= 15 is 0 Å². The average Bonchev–Trinajstić information content (AvgIpc) is 3.44. The largest absolute Gasteiger partial charge is 0.472 e. The molecule has 0 saturated heterocycles. The van der Waals surface area contributed by atoms with E-state index in [-0.39, 0.29) is 38.6 Å². The topological polar surface area (TPSA) is 134 Å². The van der Waals surface area contributed by atoms with Gasteiger partial charge in [-0.2, -0.15) is 0 Å². The molecule has 0 radical (unpaired) electrons. The van der Waals surface area contributed by atoms with Crippen LogP contribution in [0.4, 0.5) is 0 Å². The minimum absolute atomic E-state index is 0.0560. The molecule has 0 bridgehead atoms. The Morgan fingerprint density at radius 3 is 1.04 bits per heavy atom. The Bertz CT molecular complexity index is 1480. The first-order chi connectivity index (χ1) is 38.8. The zero-order chi connectivity index (χ0) is 57.3. The van der Waals surface area contributed by atoms with Crippen LogP contribution in [0.25, 0.3) is 0 Å². The van der Waals surface area contributed by atoms with Crippen LogP contribution >= 0.6 is 7.82 Å². The molecule has 0 aliphatic carbocycles. The standard InChI is InChI=1S/C69H128NO8P/c1-3-5-7-9-11-13-15-17-19-21-22-23-24-25-26-27-28-29-30-31-32-33-34-35-36-37-38-39-40-41-42-43-44-46-48-50-52-54-56-58-60-62-69(72)78-67(66-77-79(73,74)76-64-63-70)65-75-68(71)61-59-57-55-53-51-49-47-45-20-18-16-14-12-10-8-6-4-2/h5,7,11,13,17,19,22-23,25-26,67H,3-4,6,8-10,12,14-16,18,20-21,24,27-66,70H2,1-2H3,(H,73,74)/b7-5-,13-11-,19-17-,23-22-,26-25-. The highest BCUT2D eigenvalue weighted by Gasteiger charge is 2.26. The lowest BCUT2D eigenvalue weighted by Crippen LogP contribution is -2.29. The van der Waals surface area contributed by atoms with Crippen molar-refractivity contribution in [2.75, 3.05) is 26.4 Å². The summed E-state index contributed by atoms with van der Waals surface area (Å²) in [5, 5.41) is 0. The molecule has 0 aromatic rings. The van der Waals surface area contributed by atoms with Crippen molar-refractivity contribution >= 4 is 19.8 Å². The van der Waals surface area contributed by atoms with Crippen molar-refractivity contribution in [3.8, 4) is 0 Å². The number of rotatable bonds is 64. The summed E-state index contributed by atoms with van der Waals surface area (Å²) in [4.78, 5) is 35.2. The average molecular weight is 1130 g/mol. The van der Waals surface area contributed by atoms with Crippen LogP contribution in [0.1, 0.15) is 335 Å². The van der Waals surface area contributed by atoms with Gasteiger partial charge in [-0.3, -0.25) is 18.6 Å². The van der Waals surface area contributed by atoms with E-state index in [9.17, 15) is 19.0 Å². The first-order valence-electron chi connectivity index (χ1n) is 33.8. The first kappa shape index (κ1) is 76.7. The number of carbonyl (C=O) groups is 2. The van der Waals surface area contributed by atoms with Crippen LogP contribution in [0.3, 0.4) is 0 Å². The van der Waals surface area contributed by atoms with Crippen molar-refractivity contribution < 1.29 is 37.6 Å². The van der Waals surface area contributed by atoms with Gasteiger partial charge in [-0.1, -0.05) is 325 Å². The second-order valence-electron chi connectivity index (χ2n) is 22.7. The zero-order valence-electron chi connectivity index (χ0n) is 51.9. The molecule has 462 valence electrons. The third kappa shape index (κ3) is 64.7. The van der Waals surface area contributed by atoms with E-state index in [1.807, 2.05) is 0 Å². The first-order valence-corrected chi connectivity index (χ1v) is 35.3. The number of allylic oxidation sites excluding steroid dienone is 10. The normalized spacial score (nSPS) is 13.3. The van der Waals surface area contributed by atoms with Crippen molar-refractivity contribution in [1.29, 1.82) is 0 Å². The lowest BCUT2D eigenvalue weighted by Gasteiger charge is -2.19. The summed E-state index contributed by atoms with van der Waals surface area (Å²) >= 11 is 0. The molecule has 0 spiro atoms. The summed E-state index contributed by atoms with van der Waals surface area (Å²) in [5.41, 5.74) is 5.39. The smallest absolute Gasteiger partial charge is 0.462 e. The van der Waals surface area contributed by atoms with E-state index in [0.29, 0.717) is 6.42 Å². The van der Waals surface area contributed by atoms with E-state index in [1.54, 1.807) is 0 Å². The van der Waals surface area contributed by atoms with E-state index in [4.69, 9.17) is 24.3 Å². The van der Waals surface area contributed by atoms with Crippen LogP contribution in [-0.4, -0.2) is 49.3 Å². The van der Waals surface area contributed by atoms with Crippen molar-refractivity contribution in [2.24, 2.45) is 5.73 Å². The van der Waals surface area contributed by atoms with E-state index < -0.39 is 26.5 Å². The molecule has 3 N–H and O–H groups in total. The summed E-state index contributed by atoms with van der Waals surface area (Å²) in [6.45, 7) is 3.69. The van der Waals surface area contributed by atoms with Gasteiger partial charge in [0.2, 0.25) is 0 Å². The van der Waals surface area contributed by atoms with E-state index in [0.717, 1.165) is 64.2 Å². The summed E-state index contributed by atoms with van der Waals surface area (Å²) in [5.74, 6) is -0.807. The molecule has 0 rings (SSSR count). The Kier molecular flexibility index (Phi) is 63.0. The maximum atomic E-state index is 12.7. The van der Waals surface area contributed by atoms with Crippen LogP contribution in [0, 0.1) is 0 Å². The molecule has 0 fully saturated rings. The second-order valence-corrected chi connectivity index (χ2v) is 24.1. The Morgan fingerprint density at radius 2 is 0.696 bits per heavy atom. The van der Waals surface area contributed by atoms with Crippen LogP contribution in [0.2, 0.25) is 0 Å². The quantitative estimate of drug-likeness (QED) is 0.0264. The van der Waals surface area contributed by atoms with Crippen LogP contribution in [-0.2, 0) is 32.7 Å². The molecule has 0 aromatic heterocycles. The molecule has 0 aliphatic heterocycles. The minimum atomic E-state index is -4.39. The molecular formula is C69H128NO8P. The fourth-order valence-electron chi connectivity index (χ4n) is 9.96. The fraction of sp³-hybridized carbons (Fsp3) is 0.826. The number of hydrogen-bond donors (Lipinski definition) is 2.